The number of piperazine rings is 1. The van der Waals surface area contributed by atoms with Crippen molar-refractivity contribution in [3.63, 3.8) is 0 Å². The molecule has 0 aliphatic carbocycles. The summed E-state index contributed by atoms with van der Waals surface area (Å²) in [5, 5.41) is 1.85. The minimum Gasteiger partial charge on any atom is -0.336 e. The maximum atomic E-state index is 13.0. The van der Waals surface area contributed by atoms with Gasteiger partial charge in [0, 0.05) is 31.7 Å². The zero-order valence-corrected chi connectivity index (χ0v) is 15.9. The number of fused-ring (bicyclic) bond motifs is 1. The molecule has 1 aliphatic rings. The van der Waals surface area contributed by atoms with Crippen molar-refractivity contribution in [2.24, 2.45) is 0 Å². The van der Waals surface area contributed by atoms with Crippen LogP contribution >= 0.6 is 0 Å². The number of carbonyl (C=O) groups excluding carboxylic acids is 1. The van der Waals surface area contributed by atoms with Crippen LogP contribution in [-0.4, -0.2) is 49.7 Å². The van der Waals surface area contributed by atoms with Crippen LogP contribution in [-0.2, 0) is 10.0 Å². The standard InChI is InChI=1S/C21H19FN2O3S/c22-19-8-5-17(6-9-19)21(25)23-11-13-24(14-12-23)28(26,27)20-10-7-16-3-1-2-4-18(16)15-20/h1-10,15H,11-14H2. The van der Waals surface area contributed by atoms with Crippen LogP contribution < -0.4 is 0 Å². The number of halogens is 1. The second kappa shape index (κ2) is 7.33. The van der Waals surface area contributed by atoms with Crippen LogP contribution in [0.1, 0.15) is 10.4 Å². The summed E-state index contributed by atoms with van der Waals surface area (Å²) in [6.45, 7) is 1.04. The first-order valence-corrected chi connectivity index (χ1v) is 10.4. The van der Waals surface area contributed by atoms with Crippen molar-refractivity contribution in [2.75, 3.05) is 26.2 Å². The number of sulfonamides is 1. The Labute approximate surface area is 163 Å². The molecule has 0 aromatic heterocycles. The monoisotopic (exact) mass is 398 g/mol. The Morgan fingerprint density at radius 3 is 2.14 bits per heavy atom. The van der Waals surface area contributed by atoms with Gasteiger partial charge in [-0.2, -0.15) is 4.31 Å². The van der Waals surface area contributed by atoms with Crippen molar-refractivity contribution >= 4 is 26.7 Å². The molecule has 1 amide bonds. The summed E-state index contributed by atoms with van der Waals surface area (Å²) in [5.74, 6) is -0.620. The van der Waals surface area contributed by atoms with E-state index >= 15 is 0 Å². The van der Waals surface area contributed by atoms with Crippen molar-refractivity contribution in [3.8, 4) is 0 Å². The summed E-state index contributed by atoms with van der Waals surface area (Å²) in [4.78, 5) is 14.4. The second-order valence-corrected chi connectivity index (χ2v) is 8.65. The molecule has 1 saturated heterocycles. The van der Waals surface area contributed by atoms with Gasteiger partial charge in [0.15, 0.2) is 0 Å². The molecule has 5 nitrogen and oxygen atoms in total. The first kappa shape index (κ1) is 18.6. The highest BCUT2D eigenvalue weighted by atomic mass is 32.2. The molecule has 3 aromatic carbocycles. The smallest absolute Gasteiger partial charge is 0.253 e. The summed E-state index contributed by atoms with van der Waals surface area (Å²) in [6, 6.07) is 18.1. The molecule has 0 N–H and O–H groups in total. The van der Waals surface area contributed by atoms with Crippen molar-refractivity contribution < 1.29 is 17.6 Å². The minimum atomic E-state index is -3.63. The van der Waals surface area contributed by atoms with Gasteiger partial charge in [-0.1, -0.05) is 30.3 Å². The third kappa shape index (κ3) is 3.50. The predicted molar refractivity (Wildman–Crippen MR) is 105 cm³/mol. The highest BCUT2D eigenvalue weighted by Crippen LogP contribution is 2.23. The van der Waals surface area contributed by atoms with Gasteiger partial charge in [-0.3, -0.25) is 4.79 Å². The van der Waals surface area contributed by atoms with Gasteiger partial charge < -0.3 is 4.90 Å². The average molecular weight is 398 g/mol. The van der Waals surface area contributed by atoms with Crippen LogP contribution in [0, 0.1) is 5.82 Å². The fourth-order valence-electron chi connectivity index (χ4n) is 3.38. The van der Waals surface area contributed by atoms with E-state index in [0.29, 0.717) is 18.7 Å². The largest absolute Gasteiger partial charge is 0.336 e. The highest BCUT2D eigenvalue weighted by Gasteiger charge is 2.30. The van der Waals surface area contributed by atoms with Crippen molar-refractivity contribution in [2.45, 2.75) is 4.90 Å². The van der Waals surface area contributed by atoms with Crippen molar-refractivity contribution in [3.05, 3.63) is 78.1 Å². The molecule has 144 valence electrons. The molecule has 7 heteroatoms. The third-order valence-corrected chi connectivity index (χ3v) is 6.87. The van der Waals surface area contributed by atoms with E-state index in [-0.39, 0.29) is 23.9 Å². The summed E-state index contributed by atoms with van der Waals surface area (Å²) in [6.07, 6.45) is 0. The molecule has 1 heterocycles. The van der Waals surface area contributed by atoms with E-state index in [2.05, 4.69) is 0 Å². The molecule has 0 saturated carbocycles. The van der Waals surface area contributed by atoms with E-state index in [9.17, 15) is 17.6 Å². The van der Waals surface area contributed by atoms with Gasteiger partial charge in [0.2, 0.25) is 10.0 Å². The number of nitrogens with zero attached hydrogens (tertiary/aromatic N) is 2. The molecule has 0 atom stereocenters. The lowest BCUT2D eigenvalue weighted by Crippen LogP contribution is -2.50. The summed E-state index contributed by atoms with van der Waals surface area (Å²) >= 11 is 0. The molecular formula is C21H19FN2O3S. The van der Waals surface area contributed by atoms with E-state index in [1.165, 1.54) is 28.6 Å². The minimum absolute atomic E-state index is 0.220. The number of rotatable bonds is 3. The topological polar surface area (TPSA) is 57.7 Å². The molecule has 0 radical (unpaired) electrons. The summed E-state index contributed by atoms with van der Waals surface area (Å²) in [5.41, 5.74) is 0.396. The van der Waals surface area contributed by atoms with Gasteiger partial charge in [-0.25, -0.2) is 12.8 Å². The number of amides is 1. The molecule has 1 aliphatic heterocycles. The maximum absolute atomic E-state index is 13.0. The van der Waals surface area contributed by atoms with E-state index in [1.54, 1.807) is 23.1 Å². The third-order valence-electron chi connectivity index (χ3n) is 4.98. The molecule has 0 unspecified atom stereocenters. The average Bonchev–Trinajstić information content (AvgIpc) is 2.73. The van der Waals surface area contributed by atoms with Crippen LogP contribution in [0.4, 0.5) is 4.39 Å². The van der Waals surface area contributed by atoms with Gasteiger partial charge in [-0.05, 0) is 47.2 Å². The Bertz CT molecular complexity index is 1120. The second-order valence-electron chi connectivity index (χ2n) is 6.71. The van der Waals surface area contributed by atoms with Crippen LogP contribution in [0.3, 0.4) is 0 Å². The number of benzene rings is 3. The first-order valence-electron chi connectivity index (χ1n) is 8.99. The van der Waals surface area contributed by atoms with Crippen molar-refractivity contribution in [1.29, 1.82) is 0 Å². The Morgan fingerprint density at radius 2 is 1.46 bits per heavy atom. The van der Waals surface area contributed by atoms with Gasteiger partial charge in [0.1, 0.15) is 5.82 Å². The zero-order chi connectivity index (χ0) is 19.7. The van der Waals surface area contributed by atoms with Gasteiger partial charge >= 0.3 is 0 Å². The highest BCUT2D eigenvalue weighted by molar-refractivity contribution is 7.89. The molecule has 4 rings (SSSR count). The summed E-state index contributed by atoms with van der Waals surface area (Å²) < 4.78 is 40.4. The van der Waals surface area contributed by atoms with E-state index in [4.69, 9.17) is 0 Å². The Balaban J connectivity index is 1.49. The fraction of sp³-hybridized carbons (Fsp3) is 0.190. The van der Waals surface area contributed by atoms with Crippen LogP contribution in [0.2, 0.25) is 0 Å². The Kier molecular flexibility index (Phi) is 4.87. The van der Waals surface area contributed by atoms with E-state index < -0.39 is 15.8 Å². The lowest BCUT2D eigenvalue weighted by atomic mass is 10.1. The Morgan fingerprint density at radius 1 is 0.821 bits per heavy atom. The van der Waals surface area contributed by atoms with Crippen molar-refractivity contribution in [1.82, 2.24) is 9.21 Å². The first-order chi connectivity index (χ1) is 13.4. The van der Waals surface area contributed by atoms with Gasteiger partial charge in [0.25, 0.3) is 5.91 Å². The quantitative estimate of drug-likeness (QED) is 0.681. The number of hydrogen-bond acceptors (Lipinski definition) is 3. The number of carbonyl (C=O) groups is 1. The lowest BCUT2D eigenvalue weighted by molar-refractivity contribution is 0.0698. The maximum Gasteiger partial charge on any atom is 0.253 e. The molecule has 28 heavy (non-hydrogen) atoms. The molecule has 3 aromatic rings. The number of hydrogen-bond donors (Lipinski definition) is 0. The lowest BCUT2D eigenvalue weighted by Gasteiger charge is -2.34. The normalized spacial score (nSPS) is 15.7. The van der Waals surface area contributed by atoms with E-state index in [1.807, 2.05) is 24.3 Å². The van der Waals surface area contributed by atoms with E-state index in [0.717, 1.165) is 10.8 Å². The molecule has 1 fully saturated rings. The molecule has 0 spiro atoms. The van der Waals surface area contributed by atoms with Crippen LogP contribution in [0.5, 0.6) is 0 Å². The van der Waals surface area contributed by atoms with Crippen LogP contribution in [0.15, 0.2) is 71.6 Å². The summed E-state index contributed by atoms with van der Waals surface area (Å²) in [7, 11) is -3.63. The predicted octanol–water partition coefficient (Wildman–Crippen LogP) is 3.13. The van der Waals surface area contributed by atoms with Gasteiger partial charge in [0.05, 0.1) is 4.90 Å². The van der Waals surface area contributed by atoms with Gasteiger partial charge in [-0.15, -0.1) is 0 Å². The molecular weight excluding hydrogens is 379 g/mol. The fourth-order valence-corrected chi connectivity index (χ4v) is 4.84. The Hall–Kier alpha value is -2.77. The van der Waals surface area contributed by atoms with Crippen LogP contribution in [0.25, 0.3) is 10.8 Å². The zero-order valence-electron chi connectivity index (χ0n) is 15.1. The SMILES string of the molecule is O=C(c1ccc(F)cc1)N1CCN(S(=O)(=O)c2ccc3ccccc3c2)CC1. The molecule has 0 bridgehead atoms.